The summed E-state index contributed by atoms with van der Waals surface area (Å²) in [6.07, 6.45) is 1.49. The maximum absolute atomic E-state index is 12.1. The van der Waals surface area contributed by atoms with Gasteiger partial charge in [-0.05, 0) is 11.6 Å². The Hall–Kier alpha value is -2.41. The molecule has 2 aromatic rings. The van der Waals surface area contributed by atoms with E-state index in [0.717, 1.165) is 5.56 Å². The van der Waals surface area contributed by atoms with E-state index in [4.69, 9.17) is 11.6 Å². The van der Waals surface area contributed by atoms with E-state index in [1.54, 1.807) is 11.0 Å². The number of aromatic amines is 1. The number of likely N-dealkylation sites (tertiary alicyclic amines) is 1. The molecule has 0 radical (unpaired) electrons. The normalized spacial score (nSPS) is 17.8. The van der Waals surface area contributed by atoms with Gasteiger partial charge in [-0.15, -0.1) is 0 Å². The topological polar surface area (TPSA) is 91.0 Å². The molecule has 7 nitrogen and oxygen atoms in total. The largest absolute Gasteiger partial charge is 0.337 e. The highest BCUT2D eigenvalue weighted by molar-refractivity contribution is 6.31. The molecule has 8 heteroatoms. The minimum Gasteiger partial charge on any atom is -0.337 e. The van der Waals surface area contributed by atoms with Crippen molar-refractivity contribution in [3.63, 3.8) is 0 Å². The minimum absolute atomic E-state index is 0.0577. The molecular weight excluding hydrogens is 306 g/mol. The zero-order chi connectivity index (χ0) is 15.5. The monoisotopic (exact) mass is 319 g/mol. The number of nitrogens with one attached hydrogen (secondary N) is 2. The summed E-state index contributed by atoms with van der Waals surface area (Å²) in [4.78, 5) is 29.7. The van der Waals surface area contributed by atoms with Crippen LogP contribution in [0.15, 0.2) is 30.6 Å². The first-order valence-electron chi connectivity index (χ1n) is 6.81. The van der Waals surface area contributed by atoms with Crippen LogP contribution in [0.5, 0.6) is 0 Å². The Morgan fingerprint density at radius 1 is 1.45 bits per heavy atom. The second-order valence-electron chi connectivity index (χ2n) is 5.09. The van der Waals surface area contributed by atoms with Crippen LogP contribution in [0.4, 0.5) is 5.95 Å². The molecule has 1 aromatic carbocycles. The molecule has 0 aliphatic carbocycles. The molecule has 1 atom stereocenters. The SMILES string of the molecule is O=C(Nc1ncn[nH]1)[C@@H]1CC(=O)N(Cc2ccccc2Cl)C1. The number of hydrogen-bond donors (Lipinski definition) is 2. The predicted octanol–water partition coefficient (Wildman–Crippen LogP) is 1.45. The highest BCUT2D eigenvalue weighted by Gasteiger charge is 2.34. The third-order valence-electron chi connectivity index (χ3n) is 3.56. The molecule has 1 fully saturated rings. The van der Waals surface area contributed by atoms with Crippen molar-refractivity contribution >= 4 is 29.4 Å². The van der Waals surface area contributed by atoms with Crippen molar-refractivity contribution in [2.75, 3.05) is 11.9 Å². The Labute approximate surface area is 131 Å². The molecule has 0 spiro atoms. The standard InChI is InChI=1S/C14H14ClN5O2/c15-11-4-2-1-3-9(11)6-20-7-10(5-12(20)21)13(22)18-14-16-8-17-19-14/h1-4,8,10H,5-7H2,(H2,16,17,18,19,22)/t10-/m1/s1. The molecule has 114 valence electrons. The fourth-order valence-electron chi connectivity index (χ4n) is 2.42. The van der Waals surface area contributed by atoms with Crippen LogP contribution < -0.4 is 5.32 Å². The van der Waals surface area contributed by atoms with Gasteiger partial charge in [0.2, 0.25) is 17.8 Å². The second kappa shape index (κ2) is 6.15. The molecule has 2 heterocycles. The van der Waals surface area contributed by atoms with E-state index in [-0.39, 0.29) is 24.2 Å². The number of H-pyrrole nitrogens is 1. The van der Waals surface area contributed by atoms with Crippen LogP contribution >= 0.6 is 11.6 Å². The Morgan fingerprint density at radius 3 is 3.00 bits per heavy atom. The average molecular weight is 320 g/mol. The maximum atomic E-state index is 12.1. The zero-order valence-corrected chi connectivity index (χ0v) is 12.4. The van der Waals surface area contributed by atoms with Crippen molar-refractivity contribution in [1.82, 2.24) is 20.1 Å². The molecule has 2 amide bonds. The van der Waals surface area contributed by atoms with Crippen molar-refractivity contribution in [2.24, 2.45) is 5.92 Å². The van der Waals surface area contributed by atoms with E-state index in [9.17, 15) is 9.59 Å². The minimum atomic E-state index is -0.403. The summed E-state index contributed by atoms with van der Waals surface area (Å²) in [5, 5.41) is 9.43. The number of halogens is 1. The molecule has 2 N–H and O–H groups in total. The Bertz CT molecular complexity index is 688. The van der Waals surface area contributed by atoms with Gasteiger partial charge in [0.15, 0.2) is 0 Å². The van der Waals surface area contributed by atoms with Gasteiger partial charge in [0.25, 0.3) is 0 Å². The van der Waals surface area contributed by atoms with E-state index < -0.39 is 5.92 Å². The van der Waals surface area contributed by atoms with E-state index in [0.29, 0.717) is 18.1 Å². The van der Waals surface area contributed by atoms with Crippen LogP contribution in [-0.4, -0.2) is 38.4 Å². The van der Waals surface area contributed by atoms with Crippen molar-refractivity contribution in [3.05, 3.63) is 41.2 Å². The summed E-state index contributed by atoms with van der Waals surface area (Å²) in [5.74, 6) is -0.425. The third-order valence-corrected chi connectivity index (χ3v) is 3.93. The smallest absolute Gasteiger partial charge is 0.232 e. The average Bonchev–Trinajstić information content (AvgIpc) is 3.12. The van der Waals surface area contributed by atoms with Crippen molar-refractivity contribution in [3.8, 4) is 0 Å². The molecule has 0 saturated carbocycles. The summed E-state index contributed by atoms with van der Waals surface area (Å²) < 4.78 is 0. The van der Waals surface area contributed by atoms with E-state index in [1.807, 2.05) is 18.2 Å². The number of rotatable bonds is 4. The number of amides is 2. The highest BCUT2D eigenvalue weighted by Crippen LogP contribution is 2.24. The van der Waals surface area contributed by atoms with Gasteiger partial charge in [-0.3, -0.25) is 14.9 Å². The number of carbonyl (C=O) groups is 2. The first kappa shape index (κ1) is 14.5. The third kappa shape index (κ3) is 3.09. The molecule has 1 aliphatic rings. The number of hydrogen-bond acceptors (Lipinski definition) is 4. The lowest BCUT2D eigenvalue weighted by Crippen LogP contribution is -2.28. The Morgan fingerprint density at radius 2 is 2.27 bits per heavy atom. The van der Waals surface area contributed by atoms with Gasteiger partial charge < -0.3 is 4.90 Å². The number of nitrogens with zero attached hydrogens (tertiary/aromatic N) is 3. The Kier molecular flexibility index (Phi) is 4.06. The van der Waals surface area contributed by atoms with Gasteiger partial charge in [0.05, 0.1) is 5.92 Å². The summed E-state index contributed by atoms with van der Waals surface area (Å²) in [6.45, 7) is 0.772. The predicted molar refractivity (Wildman–Crippen MR) is 80.0 cm³/mol. The zero-order valence-electron chi connectivity index (χ0n) is 11.6. The van der Waals surface area contributed by atoms with Crippen LogP contribution in [0, 0.1) is 5.92 Å². The molecule has 1 aliphatic heterocycles. The van der Waals surface area contributed by atoms with E-state index in [1.165, 1.54) is 6.33 Å². The first-order chi connectivity index (χ1) is 10.6. The lowest BCUT2D eigenvalue weighted by atomic mass is 10.1. The van der Waals surface area contributed by atoms with Gasteiger partial charge in [0, 0.05) is 24.5 Å². The molecular formula is C14H14ClN5O2. The highest BCUT2D eigenvalue weighted by atomic mass is 35.5. The maximum Gasteiger partial charge on any atom is 0.232 e. The summed E-state index contributed by atoms with van der Waals surface area (Å²) in [5.41, 5.74) is 0.869. The van der Waals surface area contributed by atoms with Crippen molar-refractivity contribution in [2.45, 2.75) is 13.0 Å². The summed E-state index contributed by atoms with van der Waals surface area (Å²) in [7, 11) is 0. The molecule has 0 bridgehead atoms. The van der Waals surface area contributed by atoms with Crippen molar-refractivity contribution in [1.29, 1.82) is 0 Å². The van der Waals surface area contributed by atoms with Crippen LogP contribution in [0.3, 0.4) is 0 Å². The van der Waals surface area contributed by atoms with Crippen LogP contribution in [-0.2, 0) is 16.1 Å². The first-order valence-corrected chi connectivity index (χ1v) is 7.18. The number of aromatic nitrogens is 3. The fraction of sp³-hybridized carbons (Fsp3) is 0.286. The Balaban J connectivity index is 1.63. The summed E-state index contributed by atoms with van der Waals surface area (Å²) in [6, 6.07) is 7.37. The van der Waals surface area contributed by atoms with E-state index >= 15 is 0 Å². The lowest BCUT2D eigenvalue weighted by Gasteiger charge is -2.17. The van der Waals surface area contributed by atoms with Gasteiger partial charge in [-0.25, -0.2) is 5.10 Å². The van der Waals surface area contributed by atoms with Gasteiger partial charge in [-0.1, -0.05) is 29.8 Å². The lowest BCUT2D eigenvalue weighted by molar-refractivity contribution is -0.128. The van der Waals surface area contributed by atoms with Gasteiger partial charge in [0.1, 0.15) is 6.33 Å². The molecule has 0 unspecified atom stereocenters. The molecule has 1 saturated heterocycles. The van der Waals surface area contributed by atoms with Crippen LogP contribution in [0.2, 0.25) is 5.02 Å². The van der Waals surface area contributed by atoms with Crippen LogP contribution in [0.1, 0.15) is 12.0 Å². The fourth-order valence-corrected chi connectivity index (χ4v) is 2.61. The van der Waals surface area contributed by atoms with Gasteiger partial charge >= 0.3 is 0 Å². The van der Waals surface area contributed by atoms with Crippen molar-refractivity contribution < 1.29 is 9.59 Å². The summed E-state index contributed by atoms with van der Waals surface area (Å²) >= 11 is 6.11. The second-order valence-corrected chi connectivity index (χ2v) is 5.50. The number of benzene rings is 1. The molecule has 22 heavy (non-hydrogen) atoms. The number of anilines is 1. The quantitative estimate of drug-likeness (QED) is 0.892. The van der Waals surface area contributed by atoms with E-state index in [2.05, 4.69) is 20.5 Å². The number of carbonyl (C=O) groups excluding carboxylic acids is 2. The van der Waals surface area contributed by atoms with Crippen LogP contribution in [0.25, 0.3) is 0 Å². The van der Waals surface area contributed by atoms with Gasteiger partial charge in [-0.2, -0.15) is 10.1 Å². The molecule has 1 aromatic heterocycles. The molecule has 3 rings (SSSR count).